The smallest absolute Gasteiger partial charge is 0.247 e. The molecule has 1 atom stereocenters. The van der Waals surface area contributed by atoms with Gasteiger partial charge in [0.25, 0.3) is 0 Å². The molecule has 4 aromatic rings. The fourth-order valence-corrected chi connectivity index (χ4v) is 3.06. The van der Waals surface area contributed by atoms with Crippen LogP contribution in [0.5, 0.6) is 0 Å². The van der Waals surface area contributed by atoms with E-state index in [2.05, 4.69) is 37.1 Å². The van der Waals surface area contributed by atoms with E-state index in [1.165, 1.54) is 12.4 Å². The first-order valence-electron chi connectivity index (χ1n) is 9.35. The predicted molar refractivity (Wildman–Crippen MR) is 116 cm³/mol. The van der Waals surface area contributed by atoms with E-state index in [1.54, 1.807) is 12.1 Å². The van der Waals surface area contributed by atoms with E-state index >= 15 is 0 Å². The predicted octanol–water partition coefficient (Wildman–Crippen LogP) is 3.29. The lowest BCUT2D eigenvalue weighted by Crippen LogP contribution is -2.16. The molecule has 1 unspecified atom stereocenters. The Labute approximate surface area is 172 Å². The Morgan fingerprint density at radius 2 is 1.90 bits per heavy atom. The van der Waals surface area contributed by atoms with Crippen molar-refractivity contribution in [2.45, 2.75) is 6.04 Å². The first kappa shape index (κ1) is 19.3. The number of nitrogens with one attached hydrogen (secondary N) is 3. The zero-order chi connectivity index (χ0) is 20.9. The van der Waals surface area contributed by atoms with Crippen LogP contribution in [0.25, 0.3) is 22.6 Å². The molecule has 1 amide bonds. The summed E-state index contributed by atoms with van der Waals surface area (Å²) >= 11 is 0. The highest BCUT2D eigenvalue weighted by Crippen LogP contribution is 2.26. The van der Waals surface area contributed by atoms with Crippen molar-refractivity contribution < 1.29 is 9.90 Å². The molecule has 30 heavy (non-hydrogen) atoms. The average Bonchev–Trinajstić information content (AvgIpc) is 3.23. The zero-order valence-electron chi connectivity index (χ0n) is 16.0. The molecule has 0 radical (unpaired) electrons. The maximum atomic E-state index is 11.4. The number of aromatic amines is 1. The van der Waals surface area contributed by atoms with Crippen LogP contribution in [0.4, 0.5) is 11.5 Å². The summed E-state index contributed by atoms with van der Waals surface area (Å²) in [7, 11) is 0. The van der Waals surface area contributed by atoms with Crippen molar-refractivity contribution in [3.63, 3.8) is 0 Å². The Hall–Kier alpha value is -4.04. The van der Waals surface area contributed by atoms with Crippen LogP contribution in [0.15, 0.2) is 73.6 Å². The minimum Gasteiger partial charge on any atom is -0.394 e. The van der Waals surface area contributed by atoms with E-state index in [9.17, 15) is 9.90 Å². The van der Waals surface area contributed by atoms with Gasteiger partial charge in [0.05, 0.1) is 12.6 Å². The van der Waals surface area contributed by atoms with Crippen molar-refractivity contribution in [3.8, 4) is 11.4 Å². The molecule has 4 N–H and O–H groups in total. The highest BCUT2D eigenvalue weighted by molar-refractivity contribution is 5.99. The molecule has 8 nitrogen and oxygen atoms in total. The second-order valence-electron chi connectivity index (χ2n) is 6.57. The van der Waals surface area contributed by atoms with Crippen LogP contribution in [-0.4, -0.2) is 37.6 Å². The molecule has 4 rings (SSSR count). The molecular weight excluding hydrogens is 380 g/mol. The number of imidazole rings is 1. The Morgan fingerprint density at radius 3 is 2.60 bits per heavy atom. The number of hydrogen-bond donors (Lipinski definition) is 4. The van der Waals surface area contributed by atoms with Crippen molar-refractivity contribution in [1.82, 2.24) is 19.9 Å². The van der Waals surface area contributed by atoms with E-state index in [0.717, 1.165) is 11.1 Å². The molecule has 0 aliphatic rings. The number of carbonyl (C=O) groups excluding carboxylic acids is 1. The molecule has 0 saturated carbocycles. The fraction of sp³-hybridized carbons (Fsp3) is 0.0909. The molecule has 2 aromatic carbocycles. The number of rotatable bonds is 7. The minimum atomic E-state index is -0.316. The Morgan fingerprint density at radius 1 is 1.13 bits per heavy atom. The van der Waals surface area contributed by atoms with E-state index in [-0.39, 0.29) is 18.6 Å². The van der Waals surface area contributed by atoms with Crippen molar-refractivity contribution in [2.24, 2.45) is 0 Å². The summed E-state index contributed by atoms with van der Waals surface area (Å²) in [5, 5.41) is 15.8. The number of aliphatic hydroxyl groups excluding tert-OH is 1. The maximum absolute atomic E-state index is 11.4. The van der Waals surface area contributed by atoms with E-state index in [1.807, 2.05) is 42.5 Å². The monoisotopic (exact) mass is 400 g/mol. The largest absolute Gasteiger partial charge is 0.394 e. The first-order valence-corrected chi connectivity index (χ1v) is 9.35. The molecule has 2 aromatic heterocycles. The van der Waals surface area contributed by atoms with Gasteiger partial charge in [0.15, 0.2) is 11.5 Å². The lowest BCUT2D eigenvalue weighted by atomic mass is 10.1. The highest BCUT2D eigenvalue weighted by atomic mass is 16.3. The van der Waals surface area contributed by atoms with Crippen molar-refractivity contribution in [2.75, 3.05) is 17.2 Å². The SMILES string of the molecule is C=CC(=O)Nc1ccc(-c2nc3ncnc(NC(CO)c4ccccc4)c3[nH]2)cc1. The second kappa shape index (κ2) is 8.54. The fourth-order valence-electron chi connectivity index (χ4n) is 3.06. The number of hydrogen-bond acceptors (Lipinski definition) is 6. The van der Waals surface area contributed by atoms with Crippen LogP contribution in [0, 0.1) is 0 Å². The normalized spacial score (nSPS) is 11.8. The van der Waals surface area contributed by atoms with E-state index in [0.29, 0.717) is 28.5 Å². The summed E-state index contributed by atoms with van der Waals surface area (Å²) in [6, 6.07) is 16.6. The number of H-pyrrole nitrogens is 1. The molecule has 0 bridgehead atoms. The van der Waals surface area contributed by atoms with Crippen molar-refractivity contribution in [3.05, 3.63) is 79.1 Å². The number of amides is 1. The lowest BCUT2D eigenvalue weighted by molar-refractivity contribution is -0.111. The summed E-state index contributed by atoms with van der Waals surface area (Å²) < 4.78 is 0. The summed E-state index contributed by atoms with van der Waals surface area (Å²) in [6.07, 6.45) is 2.65. The average molecular weight is 400 g/mol. The van der Waals surface area contributed by atoms with Gasteiger partial charge in [-0.05, 0) is 35.9 Å². The van der Waals surface area contributed by atoms with Crippen molar-refractivity contribution in [1.29, 1.82) is 0 Å². The Kier molecular flexibility index (Phi) is 5.49. The molecule has 0 aliphatic carbocycles. The van der Waals surface area contributed by atoms with Crippen LogP contribution in [0.3, 0.4) is 0 Å². The number of aliphatic hydroxyl groups is 1. The van der Waals surface area contributed by atoms with Gasteiger partial charge in [-0.2, -0.15) is 0 Å². The molecule has 0 fully saturated rings. The van der Waals surface area contributed by atoms with Gasteiger partial charge in [-0.3, -0.25) is 4.79 Å². The van der Waals surface area contributed by atoms with Crippen LogP contribution < -0.4 is 10.6 Å². The summed E-state index contributed by atoms with van der Waals surface area (Å²) in [5.41, 5.74) is 3.60. The molecular formula is C22H20N6O2. The van der Waals surface area contributed by atoms with E-state index < -0.39 is 0 Å². The zero-order valence-corrected chi connectivity index (χ0v) is 16.0. The van der Waals surface area contributed by atoms with E-state index in [4.69, 9.17) is 0 Å². The molecule has 0 saturated heterocycles. The third kappa shape index (κ3) is 4.03. The van der Waals surface area contributed by atoms with Crippen LogP contribution in [0.1, 0.15) is 11.6 Å². The molecule has 0 spiro atoms. The third-order valence-corrected chi connectivity index (χ3v) is 4.60. The van der Waals surface area contributed by atoms with Crippen LogP contribution >= 0.6 is 0 Å². The third-order valence-electron chi connectivity index (χ3n) is 4.60. The summed E-state index contributed by atoms with van der Waals surface area (Å²) in [6.45, 7) is 3.35. The standard InChI is InChI=1S/C22H20N6O2/c1-2-18(30)25-16-10-8-15(9-11-16)20-27-19-21(23-13-24-22(19)28-20)26-17(12-29)14-6-4-3-5-7-14/h2-11,13,17,29H,1,12H2,(H,25,30)(H2,23,24,26,27,28). The molecule has 0 aliphatic heterocycles. The van der Waals surface area contributed by atoms with Gasteiger partial charge in [0.1, 0.15) is 17.7 Å². The van der Waals surface area contributed by atoms with Gasteiger partial charge >= 0.3 is 0 Å². The summed E-state index contributed by atoms with van der Waals surface area (Å²) in [4.78, 5) is 27.8. The van der Waals surface area contributed by atoms with Crippen LogP contribution in [0.2, 0.25) is 0 Å². The molecule has 2 heterocycles. The van der Waals surface area contributed by atoms with Gasteiger partial charge < -0.3 is 20.7 Å². The topological polar surface area (TPSA) is 116 Å². The maximum Gasteiger partial charge on any atom is 0.247 e. The number of benzene rings is 2. The number of carbonyl (C=O) groups is 1. The minimum absolute atomic E-state index is 0.0889. The van der Waals surface area contributed by atoms with Gasteiger partial charge in [-0.25, -0.2) is 15.0 Å². The van der Waals surface area contributed by atoms with Crippen LogP contribution in [-0.2, 0) is 4.79 Å². The number of anilines is 2. The first-order chi connectivity index (χ1) is 14.7. The number of aromatic nitrogens is 4. The second-order valence-corrected chi connectivity index (χ2v) is 6.57. The Bertz CT molecular complexity index is 1170. The Balaban J connectivity index is 1.62. The highest BCUT2D eigenvalue weighted by Gasteiger charge is 2.16. The van der Waals surface area contributed by atoms with Crippen molar-refractivity contribution >= 4 is 28.6 Å². The van der Waals surface area contributed by atoms with Gasteiger partial charge in [-0.15, -0.1) is 0 Å². The van der Waals surface area contributed by atoms with Gasteiger partial charge in [0, 0.05) is 11.3 Å². The van der Waals surface area contributed by atoms with Gasteiger partial charge in [-0.1, -0.05) is 36.9 Å². The number of fused-ring (bicyclic) bond motifs is 1. The van der Waals surface area contributed by atoms with Gasteiger partial charge in [0.2, 0.25) is 5.91 Å². The molecule has 8 heteroatoms. The molecule has 150 valence electrons. The summed E-state index contributed by atoms with van der Waals surface area (Å²) in [5.74, 6) is 0.904. The number of nitrogens with zero attached hydrogens (tertiary/aromatic N) is 3. The lowest BCUT2D eigenvalue weighted by Gasteiger charge is -2.17. The quantitative estimate of drug-likeness (QED) is 0.354.